The first-order chi connectivity index (χ1) is 12.0. The summed E-state index contributed by atoms with van der Waals surface area (Å²) in [5.74, 6) is 0. The number of hydrogen-bond acceptors (Lipinski definition) is 3. The van der Waals surface area contributed by atoms with Crippen molar-refractivity contribution in [3.8, 4) is 11.3 Å². The molecular weight excluding hydrogens is 334 g/mol. The predicted molar refractivity (Wildman–Crippen MR) is 104 cm³/mol. The number of benzene rings is 2. The van der Waals surface area contributed by atoms with Gasteiger partial charge in [0.2, 0.25) is 10.0 Å². The average Bonchev–Trinajstić information content (AvgIpc) is 2.97. The Morgan fingerprint density at radius 2 is 1.84 bits per heavy atom. The largest absolute Gasteiger partial charge is 0.371 e. The molecule has 132 valence electrons. The van der Waals surface area contributed by atoms with Crippen LogP contribution in [0.4, 0.5) is 5.69 Å². The highest BCUT2D eigenvalue weighted by molar-refractivity contribution is 7.89. The van der Waals surface area contributed by atoms with Crippen molar-refractivity contribution in [1.29, 1.82) is 0 Å². The molecule has 0 aliphatic carbocycles. The van der Waals surface area contributed by atoms with Gasteiger partial charge in [-0.25, -0.2) is 12.7 Å². The van der Waals surface area contributed by atoms with Crippen LogP contribution in [0.1, 0.15) is 7.85 Å². The Morgan fingerprint density at radius 1 is 1.08 bits per heavy atom. The van der Waals surface area contributed by atoms with Crippen LogP contribution in [0.3, 0.4) is 0 Å². The lowest BCUT2D eigenvalue weighted by Crippen LogP contribution is -2.37. The van der Waals surface area contributed by atoms with Crippen molar-refractivity contribution < 1.29 is 9.84 Å². The minimum Gasteiger partial charge on any atom is -0.371 e. The molecule has 1 N–H and O–H groups in total. The van der Waals surface area contributed by atoms with Gasteiger partial charge in [-0.05, 0) is 36.8 Å². The van der Waals surface area contributed by atoms with Gasteiger partial charge in [-0.1, -0.05) is 18.2 Å². The SMILES string of the molecule is CN(C)S(=O)(=O)c1ccc(N2CCC2)c(-c2cc3ccccc3[nH]2)c1.[HH]. The second kappa shape index (κ2) is 5.89. The molecule has 0 amide bonds. The molecule has 6 heteroatoms. The maximum absolute atomic E-state index is 12.6. The second-order valence-electron chi connectivity index (χ2n) is 6.58. The van der Waals surface area contributed by atoms with E-state index >= 15 is 0 Å². The fourth-order valence-corrected chi connectivity index (χ4v) is 4.08. The number of anilines is 1. The van der Waals surface area contributed by atoms with Crippen LogP contribution in [0.25, 0.3) is 22.2 Å². The minimum absolute atomic E-state index is 0. The van der Waals surface area contributed by atoms with Crippen molar-refractivity contribution in [3.63, 3.8) is 0 Å². The molecule has 0 spiro atoms. The van der Waals surface area contributed by atoms with Crippen LogP contribution in [0.15, 0.2) is 53.4 Å². The molecule has 5 nitrogen and oxygen atoms in total. The van der Waals surface area contributed by atoms with Crippen LogP contribution in [-0.4, -0.2) is 44.9 Å². The molecule has 0 radical (unpaired) electrons. The summed E-state index contributed by atoms with van der Waals surface area (Å²) in [5.41, 5.74) is 4.00. The number of H-pyrrole nitrogens is 1. The number of aromatic nitrogens is 1. The number of sulfonamides is 1. The quantitative estimate of drug-likeness (QED) is 0.777. The van der Waals surface area contributed by atoms with Gasteiger partial charge in [0.1, 0.15) is 0 Å². The van der Waals surface area contributed by atoms with Crippen molar-refractivity contribution in [2.45, 2.75) is 11.3 Å². The molecule has 25 heavy (non-hydrogen) atoms. The molecular formula is C19H23N3O2S. The Kier molecular flexibility index (Phi) is 3.81. The van der Waals surface area contributed by atoms with E-state index in [1.54, 1.807) is 26.2 Å². The number of nitrogens with one attached hydrogen (secondary N) is 1. The number of hydrogen-bond donors (Lipinski definition) is 1. The molecule has 1 saturated heterocycles. The van der Waals surface area contributed by atoms with Crippen LogP contribution in [0.2, 0.25) is 0 Å². The highest BCUT2D eigenvalue weighted by atomic mass is 32.2. The number of para-hydroxylation sites is 1. The summed E-state index contributed by atoms with van der Waals surface area (Å²) in [6.45, 7) is 2.01. The topological polar surface area (TPSA) is 56.4 Å². The molecule has 1 aromatic heterocycles. The third-order valence-corrected chi connectivity index (χ3v) is 6.57. The highest BCUT2D eigenvalue weighted by Crippen LogP contribution is 2.36. The van der Waals surface area contributed by atoms with Gasteiger partial charge in [0.15, 0.2) is 0 Å². The van der Waals surface area contributed by atoms with E-state index < -0.39 is 10.0 Å². The van der Waals surface area contributed by atoms with Gasteiger partial charge in [0.25, 0.3) is 0 Å². The third kappa shape index (κ3) is 2.71. The number of nitrogens with zero attached hydrogens (tertiary/aromatic N) is 2. The van der Waals surface area contributed by atoms with E-state index in [0.29, 0.717) is 4.90 Å². The second-order valence-corrected chi connectivity index (χ2v) is 8.73. The van der Waals surface area contributed by atoms with Crippen LogP contribution >= 0.6 is 0 Å². The number of rotatable bonds is 4. The monoisotopic (exact) mass is 357 g/mol. The van der Waals surface area contributed by atoms with Gasteiger partial charge >= 0.3 is 0 Å². The smallest absolute Gasteiger partial charge is 0.242 e. The summed E-state index contributed by atoms with van der Waals surface area (Å²) >= 11 is 0. The molecule has 2 aromatic carbocycles. The fourth-order valence-electron chi connectivity index (χ4n) is 3.15. The zero-order valence-electron chi connectivity index (χ0n) is 14.4. The molecule has 0 bridgehead atoms. The van der Waals surface area contributed by atoms with Crippen LogP contribution in [-0.2, 0) is 10.0 Å². The Bertz CT molecular complexity index is 1010. The van der Waals surface area contributed by atoms with Crippen LogP contribution in [0.5, 0.6) is 0 Å². The van der Waals surface area contributed by atoms with E-state index in [0.717, 1.165) is 40.9 Å². The Morgan fingerprint density at radius 3 is 2.48 bits per heavy atom. The van der Waals surface area contributed by atoms with Gasteiger partial charge < -0.3 is 9.88 Å². The molecule has 2 heterocycles. The molecule has 1 aliphatic heterocycles. The van der Waals surface area contributed by atoms with E-state index in [1.807, 2.05) is 24.3 Å². The summed E-state index contributed by atoms with van der Waals surface area (Å²) in [6, 6.07) is 15.6. The molecule has 4 rings (SSSR count). The zero-order valence-corrected chi connectivity index (χ0v) is 15.2. The summed E-state index contributed by atoms with van der Waals surface area (Å²) < 4.78 is 26.4. The van der Waals surface area contributed by atoms with Crippen LogP contribution < -0.4 is 4.90 Å². The van der Waals surface area contributed by atoms with Gasteiger partial charge in [0.05, 0.1) is 4.90 Å². The first kappa shape index (κ1) is 16.2. The van der Waals surface area contributed by atoms with E-state index in [4.69, 9.17) is 0 Å². The van der Waals surface area contributed by atoms with Crippen molar-refractivity contribution in [3.05, 3.63) is 48.5 Å². The normalized spacial score (nSPS) is 14.9. The molecule has 1 fully saturated rings. The molecule has 3 aromatic rings. The van der Waals surface area contributed by atoms with Crippen molar-refractivity contribution in [1.82, 2.24) is 9.29 Å². The van der Waals surface area contributed by atoms with E-state index in [1.165, 1.54) is 10.7 Å². The summed E-state index contributed by atoms with van der Waals surface area (Å²) in [6.07, 6.45) is 1.17. The molecule has 0 unspecified atom stereocenters. The lowest BCUT2D eigenvalue weighted by Gasteiger charge is -2.35. The first-order valence-electron chi connectivity index (χ1n) is 8.36. The number of aromatic amines is 1. The molecule has 0 atom stereocenters. The van der Waals surface area contributed by atoms with Crippen molar-refractivity contribution in [2.75, 3.05) is 32.1 Å². The number of fused-ring (bicyclic) bond motifs is 1. The Hall–Kier alpha value is -2.31. The van der Waals surface area contributed by atoms with Crippen LogP contribution in [0, 0.1) is 0 Å². The first-order valence-corrected chi connectivity index (χ1v) is 9.80. The lowest BCUT2D eigenvalue weighted by atomic mass is 10.1. The zero-order chi connectivity index (χ0) is 17.6. The van der Waals surface area contributed by atoms with Gasteiger partial charge in [0, 0.05) is 56.5 Å². The Balaban J connectivity index is 0.00000196. The summed E-state index contributed by atoms with van der Waals surface area (Å²) in [7, 11) is -0.354. The maximum atomic E-state index is 12.6. The van der Waals surface area contributed by atoms with Crippen molar-refractivity contribution in [2.24, 2.45) is 0 Å². The standard InChI is InChI=1S/C19H21N3O2S.H2/c1-21(2)25(23,24)15-8-9-19(22-10-5-11-22)16(13-15)18-12-14-6-3-4-7-17(14)20-18;/h3-4,6-9,12-13,20H,5,10-11H2,1-2H3;1H. The summed E-state index contributed by atoms with van der Waals surface area (Å²) in [4.78, 5) is 6.03. The Labute approximate surface area is 149 Å². The predicted octanol–water partition coefficient (Wildman–Crippen LogP) is 3.54. The van der Waals surface area contributed by atoms with E-state index in [-0.39, 0.29) is 1.43 Å². The van der Waals surface area contributed by atoms with Gasteiger partial charge in [-0.3, -0.25) is 0 Å². The summed E-state index contributed by atoms with van der Waals surface area (Å²) in [5, 5.41) is 1.12. The minimum atomic E-state index is -3.47. The molecule has 1 aliphatic rings. The van der Waals surface area contributed by atoms with E-state index in [2.05, 4.69) is 22.0 Å². The van der Waals surface area contributed by atoms with Crippen molar-refractivity contribution >= 4 is 26.6 Å². The fraction of sp³-hybridized carbons (Fsp3) is 0.263. The van der Waals surface area contributed by atoms with Gasteiger partial charge in [-0.2, -0.15) is 0 Å². The maximum Gasteiger partial charge on any atom is 0.242 e. The van der Waals surface area contributed by atoms with Gasteiger partial charge in [-0.15, -0.1) is 0 Å². The van der Waals surface area contributed by atoms with E-state index in [9.17, 15) is 8.42 Å². The third-order valence-electron chi connectivity index (χ3n) is 4.76. The lowest BCUT2D eigenvalue weighted by molar-refractivity contribution is 0.520. The average molecular weight is 357 g/mol. The highest BCUT2D eigenvalue weighted by Gasteiger charge is 2.23. The molecule has 0 saturated carbocycles.